The van der Waals surface area contributed by atoms with E-state index in [9.17, 15) is 0 Å². The van der Waals surface area contributed by atoms with Gasteiger partial charge in [0.2, 0.25) is 5.95 Å². The van der Waals surface area contributed by atoms with Gasteiger partial charge in [0, 0.05) is 23.1 Å². The fourth-order valence-corrected chi connectivity index (χ4v) is 2.47. The van der Waals surface area contributed by atoms with Crippen molar-refractivity contribution in [2.24, 2.45) is 0 Å². The molecule has 0 aliphatic heterocycles. The number of anilines is 1. The van der Waals surface area contributed by atoms with E-state index in [2.05, 4.69) is 37.8 Å². The Morgan fingerprint density at radius 1 is 1.32 bits per heavy atom. The summed E-state index contributed by atoms with van der Waals surface area (Å²) < 4.78 is 2.82. The van der Waals surface area contributed by atoms with E-state index in [0.29, 0.717) is 5.95 Å². The lowest BCUT2D eigenvalue weighted by molar-refractivity contribution is 0.661. The Balaban J connectivity index is 2.17. The van der Waals surface area contributed by atoms with E-state index in [1.807, 2.05) is 22.8 Å². The summed E-state index contributed by atoms with van der Waals surface area (Å²) in [4.78, 5) is 12.8. The number of nitrogens with zero attached hydrogens (tertiary/aromatic N) is 4. The molecule has 96 valence electrons. The number of fused-ring (bicyclic) bond motifs is 1. The maximum absolute atomic E-state index is 6.02. The molecule has 3 rings (SSSR count). The predicted molar refractivity (Wildman–Crippen MR) is 77.7 cm³/mol. The van der Waals surface area contributed by atoms with E-state index in [-0.39, 0.29) is 6.04 Å². The quantitative estimate of drug-likeness (QED) is 0.789. The first-order valence-corrected chi connectivity index (χ1v) is 6.65. The van der Waals surface area contributed by atoms with E-state index in [1.165, 1.54) is 0 Å². The molecule has 1 unspecified atom stereocenters. The van der Waals surface area contributed by atoms with Crippen LogP contribution in [0, 0.1) is 0 Å². The molecule has 2 N–H and O–H groups in total. The smallest absolute Gasteiger partial charge is 0.203 e. The molecule has 6 heteroatoms. The molecule has 0 bridgehead atoms. The summed E-state index contributed by atoms with van der Waals surface area (Å²) in [5.74, 6) is 0.463. The molecule has 0 aliphatic rings. The molecule has 0 aromatic carbocycles. The highest BCUT2D eigenvalue weighted by atomic mass is 79.9. The Morgan fingerprint density at radius 3 is 2.79 bits per heavy atom. The summed E-state index contributed by atoms with van der Waals surface area (Å²) in [5, 5.41) is 0. The van der Waals surface area contributed by atoms with Crippen LogP contribution >= 0.6 is 15.9 Å². The van der Waals surface area contributed by atoms with Gasteiger partial charge in [-0.05, 0) is 46.6 Å². The van der Waals surface area contributed by atoms with E-state index in [0.717, 1.165) is 21.2 Å². The standard InChI is InChI=1S/C13H12BrN5/c1-8(9-2-4-16-5-3-9)19-12-11(18-13(19)15)6-10(14)7-17-12/h2-8H,1H3,(H2,15,18). The molecule has 5 nitrogen and oxygen atoms in total. The van der Waals surface area contributed by atoms with Gasteiger partial charge < -0.3 is 5.73 Å². The van der Waals surface area contributed by atoms with E-state index < -0.39 is 0 Å². The SMILES string of the molecule is CC(c1ccncc1)n1c(N)nc2cc(Br)cnc21. The van der Waals surface area contributed by atoms with Crippen LogP contribution in [0.2, 0.25) is 0 Å². The second kappa shape index (κ2) is 4.62. The predicted octanol–water partition coefficient (Wildman–Crippen LogP) is 2.78. The Kier molecular flexibility index (Phi) is 2.94. The van der Waals surface area contributed by atoms with Gasteiger partial charge in [-0.15, -0.1) is 0 Å². The van der Waals surface area contributed by atoms with Crippen molar-refractivity contribution in [1.82, 2.24) is 19.5 Å². The monoisotopic (exact) mass is 317 g/mol. The minimum atomic E-state index is 0.0571. The van der Waals surface area contributed by atoms with Crippen molar-refractivity contribution >= 4 is 33.0 Å². The molecule has 1 atom stereocenters. The second-order valence-corrected chi connectivity index (χ2v) is 5.21. The van der Waals surface area contributed by atoms with Gasteiger partial charge in [-0.1, -0.05) is 0 Å². The maximum Gasteiger partial charge on any atom is 0.203 e. The van der Waals surface area contributed by atoms with Crippen molar-refractivity contribution in [2.45, 2.75) is 13.0 Å². The highest BCUT2D eigenvalue weighted by molar-refractivity contribution is 9.10. The number of nitrogens with two attached hydrogens (primary N) is 1. The molecule has 0 fully saturated rings. The van der Waals surface area contributed by atoms with Gasteiger partial charge in [-0.25, -0.2) is 9.97 Å². The second-order valence-electron chi connectivity index (χ2n) is 4.29. The summed E-state index contributed by atoms with van der Waals surface area (Å²) in [7, 11) is 0. The molecule has 3 aromatic heterocycles. The van der Waals surface area contributed by atoms with Gasteiger partial charge in [-0.2, -0.15) is 0 Å². The molecule has 0 radical (unpaired) electrons. The number of halogens is 1. The largest absolute Gasteiger partial charge is 0.369 e. The third kappa shape index (κ3) is 2.08. The number of hydrogen-bond donors (Lipinski definition) is 1. The summed E-state index contributed by atoms with van der Waals surface area (Å²) in [5.41, 5.74) is 8.71. The number of rotatable bonds is 2. The van der Waals surface area contributed by atoms with Crippen LogP contribution in [0.5, 0.6) is 0 Å². The Morgan fingerprint density at radius 2 is 2.05 bits per heavy atom. The van der Waals surface area contributed by atoms with Crippen LogP contribution in [0.3, 0.4) is 0 Å². The topological polar surface area (TPSA) is 69.6 Å². The third-order valence-corrected chi connectivity index (χ3v) is 3.53. The molecule has 19 heavy (non-hydrogen) atoms. The Hall–Kier alpha value is -1.95. The molecule has 3 aromatic rings. The zero-order chi connectivity index (χ0) is 13.4. The Labute approximate surface area is 118 Å². The van der Waals surface area contributed by atoms with E-state index >= 15 is 0 Å². The highest BCUT2D eigenvalue weighted by Gasteiger charge is 2.16. The highest BCUT2D eigenvalue weighted by Crippen LogP contribution is 2.26. The molecule has 0 aliphatic carbocycles. The molecule has 0 amide bonds. The van der Waals surface area contributed by atoms with Crippen LogP contribution in [0.15, 0.2) is 41.3 Å². The number of nitrogen functional groups attached to an aromatic ring is 1. The molecule has 3 heterocycles. The maximum atomic E-state index is 6.02. The molecule has 0 spiro atoms. The molecule has 0 saturated heterocycles. The van der Waals surface area contributed by atoms with Crippen LogP contribution in [0.25, 0.3) is 11.2 Å². The third-order valence-electron chi connectivity index (χ3n) is 3.10. The zero-order valence-corrected chi connectivity index (χ0v) is 11.9. The van der Waals surface area contributed by atoms with E-state index in [1.54, 1.807) is 18.6 Å². The van der Waals surface area contributed by atoms with Crippen LogP contribution in [0.1, 0.15) is 18.5 Å². The van der Waals surface area contributed by atoms with Crippen molar-refractivity contribution in [3.63, 3.8) is 0 Å². The number of aromatic nitrogens is 4. The zero-order valence-electron chi connectivity index (χ0n) is 10.3. The molecular weight excluding hydrogens is 306 g/mol. The average molecular weight is 318 g/mol. The van der Waals surface area contributed by atoms with Crippen LogP contribution in [0.4, 0.5) is 5.95 Å². The molecular formula is C13H12BrN5. The van der Waals surface area contributed by atoms with Crippen LogP contribution < -0.4 is 5.73 Å². The van der Waals surface area contributed by atoms with Gasteiger partial charge >= 0.3 is 0 Å². The lowest BCUT2D eigenvalue weighted by atomic mass is 10.1. The van der Waals surface area contributed by atoms with Crippen LogP contribution in [-0.2, 0) is 0 Å². The first kappa shape index (κ1) is 12.1. The number of hydrogen-bond acceptors (Lipinski definition) is 4. The van der Waals surface area contributed by atoms with Crippen molar-refractivity contribution in [1.29, 1.82) is 0 Å². The van der Waals surface area contributed by atoms with Crippen molar-refractivity contribution in [2.75, 3.05) is 5.73 Å². The average Bonchev–Trinajstić information content (AvgIpc) is 2.74. The summed E-state index contributed by atoms with van der Waals surface area (Å²) >= 11 is 3.39. The fourth-order valence-electron chi connectivity index (χ4n) is 2.15. The minimum absolute atomic E-state index is 0.0571. The number of pyridine rings is 2. The molecule has 0 saturated carbocycles. The summed E-state index contributed by atoms with van der Waals surface area (Å²) in [6, 6.07) is 5.90. The number of imidazole rings is 1. The van der Waals surface area contributed by atoms with Crippen molar-refractivity contribution < 1.29 is 0 Å². The van der Waals surface area contributed by atoms with Gasteiger partial charge in [0.1, 0.15) is 5.52 Å². The summed E-state index contributed by atoms with van der Waals surface area (Å²) in [6.45, 7) is 2.07. The van der Waals surface area contributed by atoms with Gasteiger partial charge in [0.05, 0.1) is 6.04 Å². The van der Waals surface area contributed by atoms with Gasteiger partial charge in [0.25, 0.3) is 0 Å². The lowest BCUT2D eigenvalue weighted by Crippen LogP contribution is -2.10. The van der Waals surface area contributed by atoms with Gasteiger partial charge in [-0.3, -0.25) is 9.55 Å². The lowest BCUT2D eigenvalue weighted by Gasteiger charge is -2.15. The van der Waals surface area contributed by atoms with Crippen molar-refractivity contribution in [3.05, 3.63) is 46.8 Å². The summed E-state index contributed by atoms with van der Waals surface area (Å²) in [6.07, 6.45) is 5.29. The fraction of sp³-hybridized carbons (Fsp3) is 0.154. The van der Waals surface area contributed by atoms with Crippen molar-refractivity contribution in [3.8, 4) is 0 Å². The first-order valence-electron chi connectivity index (χ1n) is 5.85. The first-order chi connectivity index (χ1) is 9.16. The van der Waals surface area contributed by atoms with Crippen LogP contribution in [-0.4, -0.2) is 19.5 Å². The minimum Gasteiger partial charge on any atom is -0.369 e. The van der Waals surface area contributed by atoms with E-state index in [4.69, 9.17) is 5.73 Å². The Bertz CT molecular complexity index is 722. The normalized spacial score (nSPS) is 12.7. The van der Waals surface area contributed by atoms with Gasteiger partial charge in [0.15, 0.2) is 5.65 Å².